The van der Waals surface area contributed by atoms with E-state index in [9.17, 15) is 17.3 Å². The van der Waals surface area contributed by atoms with Crippen LogP contribution in [0.15, 0.2) is 109 Å². The number of aromatic nitrogens is 1. The lowest BCUT2D eigenvalue weighted by Crippen LogP contribution is -2.37. The quantitative estimate of drug-likeness (QED) is 0.188. The predicted octanol–water partition coefficient (Wildman–Crippen LogP) is 6.85. The molecule has 0 radical (unpaired) electrons. The summed E-state index contributed by atoms with van der Waals surface area (Å²) in [4.78, 5) is 0. The predicted molar refractivity (Wildman–Crippen MR) is 118 cm³/mol. The van der Waals surface area contributed by atoms with Gasteiger partial charge in [0, 0.05) is 24.1 Å². The highest BCUT2D eigenvalue weighted by molar-refractivity contribution is 6.50. The summed E-state index contributed by atoms with van der Waals surface area (Å²) in [6.07, 6.45) is 3.24. The van der Waals surface area contributed by atoms with Gasteiger partial charge in [-0.2, -0.15) is 4.57 Å². The lowest BCUT2D eigenvalue weighted by molar-refractivity contribution is -0.685. The average Bonchev–Trinajstić information content (AvgIpc) is 2.78. The summed E-state index contributed by atoms with van der Waals surface area (Å²) in [5.74, 6) is 0. The second kappa shape index (κ2) is 10.6. The summed E-state index contributed by atoms with van der Waals surface area (Å²) in [6, 6.07) is 36.4. The fourth-order valence-electron chi connectivity index (χ4n) is 3.29. The number of rotatable bonds is 5. The van der Waals surface area contributed by atoms with Crippen LogP contribution in [-0.4, -0.2) is 7.25 Å². The number of benzene rings is 3. The normalized spacial score (nSPS) is 10.8. The lowest BCUT2D eigenvalue weighted by atomic mass is 10.0. The molecule has 1 heterocycles. The smallest absolute Gasteiger partial charge is 0.418 e. The van der Waals surface area contributed by atoms with Gasteiger partial charge in [-0.3, -0.25) is 0 Å². The Morgan fingerprint density at radius 3 is 1.61 bits per heavy atom. The molecule has 0 bridgehead atoms. The van der Waals surface area contributed by atoms with E-state index in [-0.39, 0.29) is 0 Å². The molecule has 6 heteroatoms. The van der Waals surface area contributed by atoms with Crippen LogP contribution in [0, 0.1) is 0 Å². The first-order valence-electron chi connectivity index (χ1n) is 9.96. The van der Waals surface area contributed by atoms with Crippen LogP contribution in [-0.2, 0) is 13.0 Å². The molecule has 31 heavy (non-hydrogen) atoms. The maximum absolute atomic E-state index is 9.75. The third-order valence-electron chi connectivity index (χ3n) is 4.70. The molecule has 0 saturated carbocycles. The van der Waals surface area contributed by atoms with E-state index >= 15 is 0 Å². The van der Waals surface area contributed by atoms with Gasteiger partial charge in [0.2, 0.25) is 5.69 Å². The Kier molecular flexibility index (Phi) is 7.60. The largest absolute Gasteiger partial charge is 0.673 e. The minimum absolute atomic E-state index is 0.962. The van der Waals surface area contributed by atoms with E-state index in [1.807, 2.05) is 0 Å². The van der Waals surface area contributed by atoms with Crippen LogP contribution < -0.4 is 4.57 Å². The molecule has 1 aromatic heterocycles. The third-order valence-corrected chi connectivity index (χ3v) is 4.70. The highest BCUT2D eigenvalue weighted by Gasteiger charge is 2.20. The summed E-state index contributed by atoms with van der Waals surface area (Å²) in [5.41, 5.74) is 6.37. The van der Waals surface area contributed by atoms with E-state index in [4.69, 9.17) is 0 Å². The van der Waals surface area contributed by atoms with E-state index in [2.05, 4.69) is 114 Å². The van der Waals surface area contributed by atoms with Crippen molar-refractivity contribution in [2.24, 2.45) is 0 Å². The Bertz CT molecular complexity index is 1060. The van der Waals surface area contributed by atoms with Crippen molar-refractivity contribution in [3.8, 4) is 22.4 Å². The molecule has 0 aliphatic rings. The molecule has 0 spiro atoms. The van der Waals surface area contributed by atoms with Crippen LogP contribution in [0.4, 0.5) is 17.3 Å². The zero-order chi connectivity index (χ0) is 22.1. The number of aryl methyl sites for hydroxylation is 2. The molecule has 0 aliphatic heterocycles. The fraction of sp³-hybridized carbons (Fsp3) is 0.0800. The molecule has 0 amide bonds. The Balaban J connectivity index is 0.000000491. The van der Waals surface area contributed by atoms with E-state index < -0.39 is 7.25 Å². The fourth-order valence-corrected chi connectivity index (χ4v) is 3.29. The highest BCUT2D eigenvalue weighted by atomic mass is 19.5. The molecule has 158 valence electrons. The van der Waals surface area contributed by atoms with Crippen molar-refractivity contribution in [1.29, 1.82) is 0 Å². The van der Waals surface area contributed by atoms with Gasteiger partial charge in [0.1, 0.15) is 0 Å². The van der Waals surface area contributed by atoms with Crippen molar-refractivity contribution in [3.63, 3.8) is 0 Å². The van der Waals surface area contributed by atoms with Crippen molar-refractivity contribution in [2.75, 3.05) is 0 Å². The standard InChI is InChI=1S/C25H22N.BF4/c1-4-10-21(11-5-1)16-18-26-19-17-24(22-12-6-2-7-13-22)20-25(26)23-14-8-3-9-15-23;2-1(3,4)5/h1-15,17,19-20H,16,18H2;/q+1;-1. The number of halogens is 4. The SMILES string of the molecule is F[B-](F)(F)F.c1ccc(CC[n+]2ccc(-c3ccccc3)cc2-c2ccccc2)cc1. The minimum Gasteiger partial charge on any atom is -0.418 e. The Morgan fingerprint density at radius 1 is 0.581 bits per heavy atom. The molecule has 0 aliphatic carbocycles. The number of pyridine rings is 1. The Labute approximate surface area is 179 Å². The van der Waals surface area contributed by atoms with Gasteiger partial charge >= 0.3 is 7.25 Å². The van der Waals surface area contributed by atoms with Crippen LogP contribution in [0.2, 0.25) is 0 Å². The first kappa shape index (κ1) is 22.3. The van der Waals surface area contributed by atoms with Crippen molar-refractivity contribution >= 4 is 7.25 Å². The molecule has 0 saturated heterocycles. The molecule has 0 N–H and O–H groups in total. The maximum Gasteiger partial charge on any atom is 0.673 e. The van der Waals surface area contributed by atoms with E-state index in [1.165, 1.54) is 27.9 Å². The summed E-state index contributed by atoms with van der Waals surface area (Å²) < 4.78 is 41.4. The zero-order valence-corrected chi connectivity index (χ0v) is 16.8. The number of hydrogen-bond donors (Lipinski definition) is 0. The van der Waals surface area contributed by atoms with Crippen molar-refractivity contribution < 1.29 is 21.8 Å². The van der Waals surface area contributed by atoms with Gasteiger partial charge in [0.05, 0.1) is 0 Å². The van der Waals surface area contributed by atoms with E-state index in [1.54, 1.807) is 0 Å². The van der Waals surface area contributed by atoms with Gasteiger partial charge in [-0.15, -0.1) is 0 Å². The van der Waals surface area contributed by atoms with E-state index in [0.29, 0.717) is 0 Å². The van der Waals surface area contributed by atoms with Gasteiger partial charge in [-0.1, -0.05) is 78.9 Å². The van der Waals surface area contributed by atoms with Crippen molar-refractivity contribution in [3.05, 3.63) is 115 Å². The lowest BCUT2D eigenvalue weighted by Gasteiger charge is -2.08. The summed E-state index contributed by atoms with van der Waals surface area (Å²) in [6.45, 7) is 0.962. The van der Waals surface area contributed by atoms with Crippen LogP contribution >= 0.6 is 0 Å². The Hall–Kier alpha value is -3.41. The minimum atomic E-state index is -6.00. The molecule has 0 atom stereocenters. The van der Waals surface area contributed by atoms with E-state index in [0.717, 1.165) is 13.0 Å². The van der Waals surface area contributed by atoms with Gasteiger partial charge in [-0.05, 0) is 28.8 Å². The van der Waals surface area contributed by atoms with Crippen molar-refractivity contribution in [2.45, 2.75) is 13.0 Å². The van der Waals surface area contributed by atoms with Gasteiger partial charge in [0.25, 0.3) is 0 Å². The van der Waals surface area contributed by atoms with Crippen LogP contribution in [0.25, 0.3) is 22.4 Å². The Morgan fingerprint density at radius 2 is 1.06 bits per heavy atom. The first-order valence-corrected chi connectivity index (χ1v) is 9.96. The average molecular weight is 423 g/mol. The summed E-state index contributed by atoms with van der Waals surface area (Å²) in [5, 5.41) is 0. The maximum atomic E-state index is 9.75. The second-order valence-corrected chi connectivity index (χ2v) is 6.96. The zero-order valence-electron chi connectivity index (χ0n) is 16.8. The molecule has 4 rings (SSSR count). The molecule has 4 aromatic rings. The molecule has 0 fully saturated rings. The molecule has 1 nitrogen and oxygen atoms in total. The molecular weight excluding hydrogens is 401 g/mol. The molecule has 0 unspecified atom stereocenters. The molecule has 3 aromatic carbocycles. The van der Waals surface area contributed by atoms with Gasteiger partial charge in [-0.25, -0.2) is 0 Å². The molecular formula is C25H22BF4N. The van der Waals surface area contributed by atoms with Crippen LogP contribution in [0.5, 0.6) is 0 Å². The van der Waals surface area contributed by atoms with Crippen LogP contribution in [0.1, 0.15) is 5.56 Å². The second-order valence-electron chi connectivity index (χ2n) is 6.96. The summed E-state index contributed by atoms with van der Waals surface area (Å²) >= 11 is 0. The third kappa shape index (κ3) is 7.41. The van der Waals surface area contributed by atoms with Gasteiger partial charge in [0.15, 0.2) is 12.7 Å². The monoisotopic (exact) mass is 423 g/mol. The first-order chi connectivity index (χ1) is 14.9. The van der Waals surface area contributed by atoms with Crippen LogP contribution in [0.3, 0.4) is 0 Å². The topological polar surface area (TPSA) is 3.88 Å². The van der Waals surface area contributed by atoms with Crippen molar-refractivity contribution in [1.82, 2.24) is 0 Å². The number of hydrogen-bond acceptors (Lipinski definition) is 0. The highest BCUT2D eigenvalue weighted by Crippen LogP contribution is 2.23. The summed E-state index contributed by atoms with van der Waals surface area (Å²) in [7, 11) is -6.00. The van der Waals surface area contributed by atoms with Gasteiger partial charge < -0.3 is 17.3 Å². The number of nitrogens with zero attached hydrogens (tertiary/aromatic N) is 1.